The Kier molecular flexibility index (Phi) is 5.23. The Morgan fingerprint density at radius 2 is 1.84 bits per heavy atom. The maximum Gasteiger partial charge on any atom is 0.257 e. The van der Waals surface area contributed by atoms with Crippen LogP contribution in [0.4, 0.5) is 5.82 Å². The van der Waals surface area contributed by atoms with Crippen LogP contribution in [0.2, 0.25) is 0 Å². The van der Waals surface area contributed by atoms with Crippen LogP contribution in [0, 0.1) is 5.92 Å². The van der Waals surface area contributed by atoms with Crippen molar-refractivity contribution in [1.29, 1.82) is 0 Å². The number of nitrogens with one attached hydrogen (secondary N) is 1. The maximum absolute atomic E-state index is 12.8. The van der Waals surface area contributed by atoms with Crippen molar-refractivity contribution in [3.8, 4) is 0 Å². The van der Waals surface area contributed by atoms with Gasteiger partial charge in [0.25, 0.3) is 5.91 Å². The third kappa shape index (κ3) is 4.07. The Labute approximate surface area is 178 Å². The first-order valence-corrected chi connectivity index (χ1v) is 10.6. The van der Waals surface area contributed by atoms with Gasteiger partial charge in [0.1, 0.15) is 6.26 Å². The van der Waals surface area contributed by atoms with Crippen LogP contribution in [0.5, 0.6) is 0 Å². The lowest BCUT2D eigenvalue weighted by molar-refractivity contribution is -0.126. The predicted octanol–water partition coefficient (Wildman–Crippen LogP) is 0.750. The third-order valence-corrected chi connectivity index (χ3v) is 6.14. The van der Waals surface area contributed by atoms with E-state index in [1.165, 1.54) is 17.2 Å². The molecule has 0 atom stereocenters. The molecule has 11 heteroatoms. The van der Waals surface area contributed by atoms with E-state index in [-0.39, 0.29) is 23.8 Å². The summed E-state index contributed by atoms with van der Waals surface area (Å²) in [4.78, 5) is 29.2. The summed E-state index contributed by atoms with van der Waals surface area (Å²) in [5.41, 5.74) is 1.18. The number of fused-ring (bicyclic) bond motifs is 1. The normalized spacial score (nSPS) is 18.5. The van der Waals surface area contributed by atoms with Gasteiger partial charge in [0.05, 0.1) is 11.8 Å². The zero-order chi connectivity index (χ0) is 21.2. The average molecular weight is 424 g/mol. The summed E-state index contributed by atoms with van der Waals surface area (Å²) in [6, 6.07) is 5.54. The molecule has 0 aromatic carbocycles. The van der Waals surface area contributed by atoms with E-state index < -0.39 is 0 Å². The molecule has 2 saturated heterocycles. The molecule has 0 bridgehead atoms. The molecule has 0 radical (unpaired) electrons. The van der Waals surface area contributed by atoms with Crippen LogP contribution in [0.1, 0.15) is 36.0 Å². The van der Waals surface area contributed by atoms with E-state index >= 15 is 0 Å². The second-order valence-electron chi connectivity index (χ2n) is 8.07. The Hall–Kier alpha value is -3.50. The smallest absolute Gasteiger partial charge is 0.257 e. The summed E-state index contributed by atoms with van der Waals surface area (Å²) in [7, 11) is 0. The number of furan rings is 1. The summed E-state index contributed by atoms with van der Waals surface area (Å²) in [6.07, 6.45) is 6.07. The van der Waals surface area contributed by atoms with Gasteiger partial charge in [0.2, 0.25) is 5.91 Å². The molecule has 1 N–H and O–H groups in total. The van der Waals surface area contributed by atoms with Crippen molar-refractivity contribution < 1.29 is 14.0 Å². The largest absolute Gasteiger partial charge is 0.472 e. The first-order chi connectivity index (χ1) is 15.2. The SMILES string of the molecule is O=C(NC1CCN(C(=O)c2ccoc2)CC1)C1CCN(c2ccc3nnnn3n2)CC1. The minimum Gasteiger partial charge on any atom is -0.472 e. The van der Waals surface area contributed by atoms with Crippen molar-refractivity contribution in [2.24, 2.45) is 5.92 Å². The van der Waals surface area contributed by atoms with E-state index in [2.05, 4.69) is 30.8 Å². The number of piperidine rings is 2. The molecule has 0 aliphatic carbocycles. The highest BCUT2D eigenvalue weighted by Crippen LogP contribution is 2.23. The zero-order valence-corrected chi connectivity index (χ0v) is 17.1. The number of hydrogen-bond acceptors (Lipinski definition) is 8. The first kappa shape index (κ1) is 19.5. The molecule has 11 nitrogen and oxygen atoms in total. The number of rotatable bonds is 4. The maximum atomic E-state index is 12.8. The lowest BCUT2D eigenvalue weighted by Crippen LogP contribution is -2.49. The number of likely N-dealkylation sites (tertiary alicyclic amines) is 1. The van der Waals surface area contributed by atoms with Gasteiger partial charge in [-0.25, -0.2) is 0 Å². The van der Waals surface area contributed by atoms with E-state index in [1.807, 2.05) is 17.0 Å². The number of anilines is 1. The second-order valence-corrected chi connectivity index (χ2v) is 8.07. The molecule has 3 aromatic heterocycles. The summed E-state index contributed by atoms with van der Waals surface area (Å²) >= 11 is 0. The van der Waals surface area contributed by atoms with Gasteiger partial charge in [0.15, 0.2) is 11.5 Å². The van der Waals surface area contributed by atoms with Crippen molar-refractivity contribution in [1.82, 2.24) is 35.5 Å². The highest BCUT2D eigenvalue weighted by Gasteiger charge is 2.29. The highest BCUT2D eigenvalue weighted by atomic mass is 16.3. The van der Waals surface area contributed by atoms with Gasteiger partial charge in [0, 0.05) is 38.1 Å². The Bertz CT molecular complexity index is 1050. The van der Waals surface area contributed by atoms with Crippen molar-refractivity contribution in [3.63, 3.8) is 0 Å². The van der Waals surface area contributed by atoms with Gasteiger partial charge < -0.3 is 19.5 Å². The van der Waals surface area contributed by atoms with Gasteiger partial charge in [-0.2, -0.15) is 0 Å². The number of carbonyl (C=O) groups excluding carboxylic acids is 2. The molecule has 162 valence electrons. The van der Waals surface area contributed by atoms with Crippen LogP contribution in [0.25, 0.3) is 5.65 Å². The van der Waals surface area contributed by atoms with E-state index in [0.717, 1.165) is 44.6 Å². The zero-order valence-electron chi connectivity index (χ0n) is 17.1. The van der Waals surface area contributed by atoms with E-state index in [4.69, 9.17) is 4.42 Å². The highest BCUT2D eigenvalue weighted by molar-refractivity contribution is 5.93. The lowest BCUT2D eigenvalue weighted by Gasteiger charge is -2.35. The number of aromatic nitrogens is 5. The molecular weight excluding hydrogens is 400 g/mol. The molecule has 0 unspecified atom stereocenters. The topological polar surface area (TPSA) is 122 Å². The Morgan fingerprint density at radius 3 is 2.58 bits per heavy atom. The van der Waals surface area contributed by atoms with Crippen molar-refractivity contribution in [2.75, 3.05) is 31.1 Å². The average Bonchev–Trinajstić information content (AvgIpc) is 3.51. The van der Waals surface area contributed by atoms with Crippen LogP contribution < -0.4 is 10.2 Å². The number of nitrogens with zero attached hydrogens (tertiary/aromatic N) is 7. The molecular formula is C20H24N8O3. The predicted molar refractivity (Wildman–Crippen MR) is 109 cm³/mol. The van der Waals surface area contributed by atoms with E-state index in [9.17, 15) is 9.59 Å². The molecule has 0 spiro atoms. The van der Waals surface area contributed by atoms with Gasteiger partial charge in [-0.3, -0.25) is 9.59 Å². The minimum absolute atomic E-state index is 0.00129. The van der Waals surface area contributed by atoms with Crippen molar-refractivity contribution in [3.05, 3.63) is 36.3 Å². The van der Waals surface area contributed by atoms with Crippen LogP contribution >= 0.6 is 0 Å². The van der Waals surface area contributed by atoms with E-state index in [0.29, 0.717) is 24.3 Å². The fraction of sp³-hybridized carbons (Fsp3) is 0.500. The second kappa shape index (κ2) is 8.32. The standard InChI is InChI=1S/C20H24N8O3/c29-19(21-16-5-10-27(11-6-16)20(30)15-7-12-31-13-15)14-3-8-26(9-4-14)18-2-1-17-22-24-25-28(17)23-18/h1-2,7,12-14,16H,3-6,8-11H2,(H,21,29). The van der Waals surface area contributed by atoms with Crippen LogP contribution in [-0.4, -0.2) is 74.2 Å². The van der Waals surface area contributed by atoms with Crippen molar-refractivity contribution in [2.45, 2.75) is 31.7 Å². The molecule has 31 heavy (non-hydrogen) atoms. The molecule has 5 heterocycles. The summed E-state index contributed by atoms with van der Waals surface area (Å²) < 4.78 is 6.41. The third-order valence-electron chi connectivity index (χ3n) is 6.14. The lowest BCUT2D eigenvalue weighted by atomic mass is 9.94. The molecule has 3 aromatic rings. The molecule has 2 amide bonds. The monoisotopic (exact) mass is 424 g/mol. The van der Waals surface area contributed by atoms with E-state index in [1.54, 1.807) is 6.07 Å². The fourth-order valence-corrected chi connectivity index (χ4v) is 4.29. The van der Waals surface area contributed by atoms with Crippen LogP contribution in [0.3, 0.4) is 0 Å². The quantitative estimate of drug-likeness (QED) is 0.651. The van der Waals surface area contributed by atoms with Gasteiger partial charge >= 0.3 is 0 Å². The molecule has 2 fully saturated rings. The summed E-state index contributed by atoms with van der Waals surface area (Å²) in [5.74, 6) is 0.912. The number of hydrogen-bond donors (Lipinski definition) is 1. The molecule has 2 aliphatic heterocycles. The van der Waals surface area contributed by atoms with Crippen LogP contribution in [-0.2, 0) is 4.79 Å². The molecule has 0 saturated carbocycles. The van der Waals surface area contributed by atoms with Crippen LogP contribution in [0.15, 0.2) is 35.1 Å². The van der Waals surface area contributed by atoms with Gasteiger partial charge in [-0.05, 0) is 54.3 Å². The molecule has 5 rings (SSSR count). The Morgan fingerprint density at radius 1 is 1.03 bits per heavy atom. The number of tetrazole rings is 1. The fourth-order valence-electron chi connectivity index (χ4n) is 4.29. The summed E-state index contributed by atoms with van der Waals surface area (Å²) in [6.45, 7) is 2.80. The minimum atomic E-state index is -0.0145. The van der Waals surface area contributed by atoms with Gasteiger partial charge in [-0.15, -0.1) is 14.8 Å². The Balaban J connectivity index is 1.09. The number of amides is 2. The molecule has 2 aliphatic rings. The summed E-state index contributed by atoms with van der Waals surface area (Å²) in [5, 5.41) is 18.9. The first-order valence-electron chi connectivity index (χ1n) is 10.6. The van der Waals surface area contributed by atoms with Gasteiger partial charge in [-0.1, -0.05) is 0 Å². The number of carbonyl (C=O) groups is 2. The van der Waals surface area contributed by atoms with Crippen molar-refractivity contribution >= 4 is 23.3 Å².